The van der Waals surface area contributed by atoms with Crippen LogP contribution in [0.3, 0.4) is 0 Å². The Morgan fingerprint density at radius 2 is 2.00 bits per heavy atom. The molecule has 0 aliphatic carbocycles. The summed E-state index contributed by atoms with van der Waals surface area (Å²) in [4.78, 5) is 16.4. The first-order chi connectivity index (χ1) is 12.8. The van der Waals surface area contributed by atoms with E-state index in [2.05, 4.69) is 10.3 Å². The van der Waals surface area contributed by atoms with Crippen LogP contribution in [0.25, 0.3) is 5.65 Å². The number of anilines is 1. The molecule has 142 valence electrons. The van der Waals surface area contributed by atoms with Gasteiger partial charge >= 0.3 is 6.18 Å². The molecule has 5 nitrogen and oxygen atoms in total. The third-order valence-electron chi connectivity index (χ3n) is 3.74. The van der Waals surface area contributed by atoms with Gasteiger partial charge in [0.2, 0.25) is 0 Å². The zero-order chi connectivity index (χ0) is 19.6. The van der Waals surface area contributed by atoms with Crippen molar-refractivity contribution in [3.8, 4) is 5.75 Å². The summed E-state index contributed by atoms with van der Waals surface area (Å²) in [5.41, 5.74) is -0.681. The van der Waals surface area contributed by atoms with E-state index in [1.807, 2.05) is 0 Å². The molecular weight excluding hydrogens is 383 g/mol. The Bertz CT molecular complexity index is 1030. The molecule has 2 aromatic heterocycles. The Balaban J connectivity index is 1.89. The number of hydrogen-bond acceptors (Lipinski definition) is 4. The standard InChI is InChI=1S/C18H15ClF3N3O2/c1-2-27-13-4-5-15(14(8-13)18(20,21)22)23-9-12-7-17(26)25-10-11(19)3-6-16(25)24-12/h3-8,10,23H,2,9H2,1H3. The van der Waals surface area contributed by atoms with E-state index in [0.29, 0.717) is 16.4 Å². The molecular formula is C18H15ClF3N3O2. The molecule has 0 bridgehead atoms. The van der Waals surface area contributed by atoms with E-state index < -0.39 is 11.7 Å². The summed E-state index contributed by atoms with van der Waals surface area (Å²) in [7, 11) is 0. The van der Waals surface area contributed by atoms with Crippen LogP contribution < -0.4 is 15.6 Å². The van der Waals surface area contributed by atoms with Crippen LogP contribution in [0.15, 0.2) is 47.4 Å². The second-order valence-electron chi connectivity index (χ2n) is 5.65. The lowest BCUT2D eigenvalue weighted by Crippen LogP contribution is -2.17. The van der Waals surface area contributed by atoms with Crippen LogP contribution in [0.4, 0.5) is 18.9 Å². The van der Waals surface area contributed by atoms with Gasteiger partial charge in [0, 0.05) is 18.0 Å². The molecule has 3 rings (SSSR count). The molecule has 0 saturated carbocycles. The van der Waals surface area contributed by atoms with Crippen molar-refractivity contribution in [1.29, 1.82) is 0 Å². The van der Waals surface area contributed by atoms with Gasteiger partial charge in [0.25, 0.3) is 5.56 Å². The number of pyridine rings is 1. The molecule has 0 radical (unpaired) electrons. The quantitative estimate of drug-likeness (QED) is 0.694. The van der Waals surface area contributed by atoms with Gasteiger partial charge in [0.1, 0.15) is 11.4 Å². The molecule has 27 heavy (non-hydrogen) atoms. The molecule has 3 aromatic rings. The summed E-state index contributed by atoms with van der Waals surface area (Å²) in [5.74, 6) is 0.134. The van der Waals surface area contributed by atoms with Gasteiger partial charge in [-0.25, -0.2) is 4.98 Å². The Labute approximate surface area is 157 Å². The maximum Gasteiger partial charge on any atom is 0.418 e. The predicted octanol–water partition coefficient (Wildman–Crippen LogP) is 4.38. The second kappa shape index (κ2) is 7.48. The first-order valence-corrected chi connectivity index (χ1v) is 8.41. The lowest BCUT2D eigenvalue weighted by atomic mass is 10.1. The molecule has 9 heteroatoms. The van der Waals surface area contributed by atoms with Crippen LogP contribution >= 0.6 is 11.6 Å². The summed E-state index contributed by atoms with van der Waals surface area (Å²) < 4.78 is 46.4. The van der Waals surface area contributed by atoms with Crippen molar-refractivity contribution in [1.82, 2.24) is 9.38 Å². The van der Waals surface area contributed by atoms with Crippen molar-refractivity contribution in [2.75, 3.05) is 11.9 Å². The van der Waals surface area contributed by atoms with Crippen molar-refractivity contribution in [2.45, 2.75) is 19.6 Å². The van der Waals surface area contributed by atoms with Crippen molar-refractivity contribution >= 4 is 22.9 Å². The van der Waals surface area contributed by atoms with Crippen LogP contribution in [0, 0.1) is 0 Å². The van der Waals surface area contributed by atoms with Gasteiger partial charge in [-0.05, 0) is 37.3 Å². The fraction of sp³-hybridized carbons (Fsp3) is 0.222. The fourth-order valence-electron chi connectivity index (χ4n) is 2.57. The van der Waals surface area contributed by atoms with E-state index in [1.54, 1.807) is 19.1 Å². The summed E-state index contributed by atoms with van der Waals surface area (Å²) >= 11 is 5.85. The van der Waals surface area contributed by atoms with Gasteiger partial charge in [0.15, 0.2) is 0 Å². The summed E-state index contributed by atoms with van der Waals surface area (Å²) in [6, 6.07) is 8.07. The number of ether oxygens (including phenoxy) is 1. The topological polar surface area (TPSA) is 55.6 Å². The number of nitrogens with one attached hydrogen (secondary N) is 1. The van der Waals surface area contributed by atoms with Crippen molar-refractivity contribution in [3.63, 3.8) is 0 Å². The maximum absolute atomic E-state index is 13.3. The lowest BCUT2D eigenvalue weighted by Gasteiger charge is -2.16. The molecule has 0 spiro atoms. The van der Waals surface area contributed by atoms with E-state index in [9.17, 15) is 18.0 Å². The molecule has 0 amide bonds. The van der Waals surface area contributed by atoms with Crippen LogP contribution in [0.2, 0.25) is 5.02 Å². The number of nitrogens with zero attached hydrogens (tertiary/aromatic N) is 2. The van der Waals surface area contributed by atoms with Crippen LogP contribution in [-0.2, 0) is 12.7 Å². The van der Waals surface area contributed by atoms with Gasteiger partial charge in [-0.15, -0.1) is 0 Å². The number of halogens is 4. The van der Waals surface area contributed by atoms with E-state index >= 15 is 0 Å². The van der Waals surface area contributed by atoms with E-state index in [0.717, 1.165) is 6.07 Å². The van der Waals surface area contributed by atoms with E-state index in [4.69, 9.17) is 16.3 Å². The number of aromatic nitrogens is 2. The average molecular weight is 398 g/mol. The van der Waals surface area contributed by atoms with Crippen molar-refractivity contribution < 1.29 is 17.9 Å². The molecule has 0 aliphatic rings. The number of hydrogen-bond donors (Lipinski definition) is 1. The van der Waals surface area contributed by atoms with E-state index in [-0.39, 0.29) is 30.1 Å². The molecule has 0 aliphatic heterocycles. The van der Waals surface area contributed by atoms with Crippen molar-refractivity contribution in [3.05, 3.63) is 69.2 Å². The van der Waals surface area contributed by atoms with Crippen molar-refractivity contribution in [2.24, 2.45) is 0 Å². The van der Waals surface area contributed by atoms with Gasteiger partial charge in [-0.2, -0.15) is 13.2 Å². The molecule has 0 unspecified atom stereocenters. The van der Waals surface area contributed by atoms with Gasteiger partial charge in [-0.1, -0.05) is 11.6 Å². The minimum absolute atomic E-state index is 0.0502. The third-order valence-corrected chi connectivity index (χ3v) is 3.97. The lowest BCUT2D eigenvalue weighted by molar-refractivity contribution is -0.137. The van der Waals surface area contributed by atoms with Crippen LogP contribution in [0.5, 0.6) is 5.75 Å². The Hall–Kier alpha value is -2.74. The Kier molecular flexibility index (Phi) is 5.27. The van der Waals surface area contributed by atoms with Gasteiger partial charge in [-0.3, -0.25) is 9.20 Å². The fourth-order valence-corrected chi connectivity index (χ4v) is 2.73. The minimum atomic E-state index is -4.55. The first kappa shape index (κ1) is 19.0. The molecule has 1 N–H and O–H groups in total. The summed E-state index contributed by atoms with van der Waals surface area (Å²) in [5, 5.41) is 3.07. The highest BCUT2D eigenvalue weighted by molar-refractivity contribution is 6.30. The monoisotopic (exact) mass is 397 g/mol. The number of fused-ring (bicyclic) bond motifs is 1. The van der Waals surface area contributed by atoms with Crippen LogP contribution in [0.1, 0.15) is 18.2 Å². The second-order valence-corrected chi connectivity index (χ2v) is 6.09. The molecule has 0 atom stereocenters. The normalized spacial score (nSPS) is 11.6. The third kappa shape index (κ3) is 4.33. The predicted molar refractivity (Wildman–Crippen MR) is 96.4 cm³/mol. The van der Waals surface area contributed by atoms with E-state index in [1.165, 1.54) is 28.8 Å². The highest BCUT2D eigenvalue weighted by atomic mass is 35.5. The molecule has 0 fully saturated rings. The SMILES string of the molecule is CCOc1ccc(NCc2cc(=O)n3cc(Cl)ccc3n2)c(C(F)(F)F)c1. The molecule has 2 heterocycles. The zero-order valence-corrected chi connectivity index (χ0v) is 14.9. The first-order valence-electron chi connectivity index (χ1n) is 8.03. The highest BCUT2D eigenvalue weighted by Gasteiger charge is 2.34. The number of alkyl halides is 3. The largest absolute Gasteiger partial charge is 0.494 e. The van der Waals surface area contributed by atoms with Gasteiger partial charge in [0.05, 0.1) is 29.4 Å². The van der Waals surface area contributed by atoms with Crippen LogP contribution in [-0.4, -0.2) is 16.0 Å². The summed E-state index contributed by atoms with van der Waals surface area (Å²) in [6.07, 6.45) is -3.12. The Morgan fingerprint density at radius 1 is 1.22 bits per heavy atom. The Morgan fingerprint density at radius 3 is 2.70 bits per heavy atom. The maximum atomic E-state index is 13.3. The smallest absolute Gasteiger partial charge is 0.418 e. The number of benzene rings is 1. The number of rotatable bonds is 5. The summed E-state index contributed by atoms with van der Waals surface area (Å²) in [6.45, 7) is 1.90. The molecule has 0 saturated heterocycles. The highest BCUT2D eigenvalue weighted by Crippen LogP contribution is 2.37. The minimum Gasteiger partial charge on any atom is -0.494 e. The average Bonchev–Trinajstić information content (AvgIpc) is 2.61. The van der Waals surface area contributed by atoms with Gasteiger partial charge < -0.3 is 10.1 Å². The molecule has 1 aromatic carbocycles. The zero-order valence-electron chi connectivity index (χ0n) is 14.2.